The van der Waals surface area contributed by atoms with E-state index in [2.05, 4.69) is 5.32 Å². The lowest BCUT2D eigenvalue weighted by Gasteiger charge is -2.08. The van der Waals surface area contributed by atoms with Gasteiger partial charge in [0.05, 0.1) is 11.7 Å². The molecule has 5 heteroatoms. The van der Waals surface area contributed by atoms with Crippen LogP contribution in [0.4, 0.5) is 5.69 Å². The molecule has 0 fully saturated rings. The van der Waals surface area contributed by atoms with Crippen molar-refractivity contribution in [3.8, 4) is 0 Å². The zero-order valence-electron chi connectivity index (χ0n) is 11.8. The van der Waals surface area contributed by atoms with Gasteiger partial charge in [0.15, 0.2) is 0 Å². The second-order valence-corrected chi connectivity index (χ2v) is 3.79. The monoisotopic (exact) mass is 267 g/mol. The molecule has 0 bridgehead atoms. The zero-order chi connectivity index (χ0) is 14.8. The van der Waals surface area contributed by atoms with Crippen molar-refractivity contribution in [2.45, 2.75) is 33.8 Å². The van der Waals surface area contributed by atoms with Crippen LogP contribution in [0.25, 0.3) is 0 Å². The molecule has 106 valence electrons. The van der Waals surface area contributed by atoms with Gasteiger partial charge in [-0.25, -0.2) is 4.79 Å². The summed E-state index contributed by atoms with van der Waals surface area (Å²) in [5.74, 6) is -1.33. The van der Waals surface area contributed by atoms with Gasteiger partial charge in [0.25, 0.3) is 0 Å². The van der Waals surface area contributed by atoms with E-state index < -0.39 is 5.97 Å². The second kappa shape index (κ2) is 9.10. The van der Waals surface area contributed by atoms with Crippen LogP contribution in [-0.4, -0.2) is 29.7 Å². The van der Waals surface area contributed by atoms with Crippen molar-refractivity contribution >= 4 is 17.6 Å². The molecule has 1 aromatic carbocycles. The molecule has 1 amide bonds. The summed E-state index contributed by atoms with van der Waals surface area (Å²) in [7, 11) is 0. The van der Waals surface area contributed by atoms with Gasteiger partial charge in [0, 0.05) is 5.69 Å². The third-order valence-electron chi connectivity index (χ3n) is 1.94. The van der Waals surface area contributed by atoms with Crippen molar-refractivity contribution in [1.82, 2.24) is 0 Å². The molecule has 2 N–H and O–H groups in total. The maximum Gasteiger partial charge on any atom is 0.335 e. The summed E-state index contributed by atoms with van der Waals surface area (Å²) < 4.78 is 5.13. The number of ether oxygens (including phenoxy) is 1. The Kier molecular flexibility index (Phi) is 8.20. The second-order valence-electron chi connectivity index (χ2n) is 3.79. The van der Waals surface area contributed by atoms with Crippen LogP contribution in [-0.2, 0) is 9.53 Å². The Morgan fingerprint density at radius 3 is 2.47 bits per heavy atom. The number of hydrogen-bond acceptors (Lipinski definition) is 3. The number of carboxylic acids is 1. The van der Waals surface area contributed by atoms with Crippen LogP contribution < -0.4 is 5.32 Å². The summed E-state index contributed by atoms with van der Waals surface area (Å²) in [6.07, 6.45) is -0.0221. The van der Waals surface area contributed by atoms with Gasteiger partial charge in [-0.2, -0.15) is 0 Å². The number of carbonyl (C=O) groups is 2. The minimum Gasteiger partial charge on any atom is -0.478 e. The van der Waals surface area contributed by atoms with Crippen LogP contribution in [0.3, 0.4) is 0 Å². The number of nitrogens with one attached hydrogen (secondary N) is 1. The molecule has 0 saturated carbocycles. The van der Waals surface area contributed by atoms with E-state index in [9.17, 15) is 9.59 Å². The number of aromatic carboxylic acids is 1. The predicted molar refractivity (Wildman–Crippen MR) is 74.5 cm³/mol. The molecular weight excluding hydrogens is 246 g/mol. The predicted octanol–water partition coefficient (Wildman–Crippen LogP) is 2.77. The molecule has 0 saturated heterocycles. The highest BCUT2D eigenvalue weighted by Gasteiger charge is 2.06. The fraction of sp³-hybridized carbons (Fsp3) is 0.429. The van der Waals surface area contributed by atoms with E-state index in [1.165, 1.54) is 12.1 Å². The number of rotatable bonds is 5. The first-order chi connectivity index (χ1) is 8.99. The fourth-order valence-corrected chi connectivity index (χ4v) is 1.17. The third kappa shape index (κ3) is 7.21. The minimum atomic E-state index is -1.03. The van der Waals surface area contributed by atoms with E-state index in [1.807, 2.05) is 27.7 Å². The van der Waals surface area contributed by atoms with Crippen molar-refractivity contribution in [1.29, 1.82) is 0 Å². The standard InChI is InChI=1S/C12H15NO4.C2H6/c1-8(2)17-7-11(14)13-10-5-3-4-9(6-10)12(15)16;1-2/h3-6,8H,7H2,1-2H3,(H,13,14)(H,15,16);1-2H3. The molecule has 0 aliphatic heterocycles. The summed E-state index contributed by atoms with van der Waals surface area (Å²) in [6, 6.07) is 6.06. The lowest BCUT2D eigenvalue weighted by molar-refractivity contribution is -0.121. The van der Waals surface area contributed by atoms with E-state index in [4.69, 9.17) is 9.84 Å². The van der Waals surface area contributed by atoms with Crippen molar-refractivity contribution in [2.75, 3.05) is 11.9 Å². The van der Waals surface area contributed by atoms with Crippen LogP contribution in [0.5, 0.6) is 0 Å². The van der Waals surface area contributed by atoms with Crippen molar-refractivity contribution in [3.05, 3.63) is 29.8 Å². The number of anilines is 1. The van der Waals surface area contributed by atoms with E-state index in [1.54, 1.807) is 12.1 Å². The highest BCUT2D eigenvalue weighted by atomic mass is 16.5. The van der Waals surface area contributed by atoms with Gasteiger partial charge < -0.3 is 15.2 Å². The van der Waals surface area contributed by atoms with Gasteiger partial charge in [0.2, 0.25) is 5.91 Å². The van der Waals surface area contributed by atoms with Crippen LogP contribution in [0, 0.1) is 0 Å². The molecule has 1 aromatic rings. The van der Waals surface area contributed by atoms with Crippen LogP contribution in [0.15, 0.2) is 24.3 Å². The molecule has 0 spiro atoms. The summed E-state index contributed by atoms with van der Waals surface area (Å²) in [5.41, 5.74) is 0.579. The lowest BCUT2D eigenvalue weighted by atomic mass is 10.2. The van der Waals surface area contributed by atoms with E-state index >= 15 is 0 Å². The molecule has 1 rings (SSSR count). The first-order valence-electron chi connectivity index (χ1n) is 6.24. The quantitative estimate of drug-likeness (QED) is 0.860. The van der Waals surface area contributed by atoms with Gasteiger partial charge >= 0.3 is 5.97 Å². The fourth-order valence-electron chi connectivity index (χ4n) is 1.17. The molecule has 0 heterocycles. The lowest BCUT2D eigenvalue weighted by Crippen LogP contribution is -2.20. The molecule has 0 aliphatic carbocycles. The first-order valence-corrected chi connectivity index (χ1v) is 6.24. The molecule has 0 unspecified atom stereocenters. The van der Waals surface area contributed by atoms with Crippen LogP contribution >= 0.6 is 0 Å². The molecule has 5 nitrogen and oxygen atoms in total. The molecule has 0 radical (unpaired) electrons. The Morgan fingerprint density at radius 2 is 1.95 bits per heavy atom. The Morgan fingerprint density at radius 1 is 1.32 bits per heavy atom. The van der Waals surface area contributed by atoms with Crippen LogP contribution in [0.2, 0.25) is 0 Å². The van der Waals surface area contributed by atoms with Crippen molar-refractivity contribution in [2.24, 2.45) is 0 Å². The third-order valence-corrected chi connectivity index (χ3v) is 1.94. The molecular formula is C14H21NO4. The van der Waals surface area contributed by atoms with E-state index in [-0.39, 0.29) is 24.2 Å². The average molecular weight is 267 g/mol. The SMILES string of the molecule is CC.CC(C)OCC(=O)Nc1cccc(C(=O)O)c1. The Hall–Kier alpha value is -1.88. The van der Waals surface area contributed by atoms with Gasteiger partial charge in [0.1, 0.15) is 6.61 Å². The van der Waals surface area contributed by atoms with Gasteiger partial charge in [-0.1, -0.05) is 19.9 Å². The summed E-state index contributed by atoms with van der Waals surface area (Å²) in [5, 5.41) is 11.3. The van der Waals surface area contributed by atoms with Gasteiger partial charge in [-0.05, 0) is 32.0 Å². The van der Waals surface area contributed by atoms with Crippen molar-refractivity contribution in [3.63, 3.8) is 0 Å². The Labute approximate surface area is 113 Å². The smallest absolute Gasteiger partial charge is 0.335 e. The summed E-state index contributed by atoms with van der Waals surface area (Å²) in [6.45, 7) is 7.62. The topological polar surface area (TPSA) is 75.6 Å². The first kappa shape index (κ1) is 17.1. The van der Waals surface area contributed by atoms with Gasteiger partial charge in [-0.3, -0.25) is 4.79 Å². The minimum absolute atomic E-state index is 0.0221. The highest BCUT2D eigenvalue weighted by molar-refractivity contribution is 5.94. The van der Waals surface area contributed by atoms with Crippen LogP contribution in [0.1, 0.15) is 38.1 Å². The highest BCUT2D eigenvalue weighted by Crippen LogP contribution is 2.10. The normalized spacial score (nSPS) is 9.53. The van der Waals surface area contributed by atoms with E-state index in [0.29, 0.717) is 5.69 Å². The van der Waals surface area contributed by atoms with Crippen molar-refractivity contribution < 1.29 is 19.4 Å². The average Bonchev–Trinajstić information content (AvgIpc) is 2.39. The number of carbonyl (C=O) groups excluding carboxylic acids is 1. The largest absolute Gasteiger partial charge is 0.478 e. The molecule has 0 atom stereocenters. The summed E-state index contributed by atoms with van der Waals surface area (Å²) >= 11 is 0. The zero-order valence-corrected chi connectivity index (χ0v) is 11.8. The summed E-state index contributed by atoms with van der Waals surface area (Å²) in [4.78, 5) is 22.1. The molecule has 0 aromatic heterocycles. The number of carboxylic acid groups (broad SMARTS) is 1. The molecule has 19 heavy (non-hydrogen) atoms. The maximum atomic E-state index is 11.4. The van der Waals surface area contributed by atoms with Gasteiger partial charge in [-0.15, -0.1) is 0 Å². The maximum absolute atomic E-state index is 11.4. The Bertz CT molecular complexity index is 416. The number of amides is 1. The Balaban J connectivity index is 0.00000154. The number of benzene rings is 1. The number of hydrogen-bond donors (Lipinski definition) is 2. The van der Waals surface area contributed by atoms with E-state index in [0.717, 1.165) is 0 Å². The molecule has 0 aliphatic rings.